The quantitative estimate of drug-likeness (QED) is 0.718. The van der Waals surface area contributed by atoms with Crippen LogP contribution >= 0.6 is 0 Å². The fourth-order valence-electron chi connectivity index (χ4n) is 3.52. The molecule has 2 amide bonds. The van der Waals surface area contributed by atoms with Gasteiger partial charge in [0.2, 0.25) is 5.91 Å². The highest BCUT2D eigenvalue weighted by atomic mass is 16.4. The summed E-state index contributed by atoms with van der Waals surface area (Å²) in [5.41, 5.74) is 1.18. The van der Waals surface area contributed by atoms with Crippen molar-refractivity contribution in [2.24, 2.45) is 5.92 Å². The third-order valence-corrected chi connectivity index (χ3v) is 5.13. The number of hydrogen-bond donors (Lipinski definition) is 3. The first kappa shape index (κ1) is 19.6. The monoisotopic (exact) mass is 380 g/mol. The maximum Gasteiger partial charge on any atom is 0.306 e. The summed E-state index contributed by atoms with van der Waals surface area (Å²) in [7, 11) is 0. The van der Waals surface area contributed by atoms with Crippen molar-refractivity contribution in [1.29, 1.82) is 0 Å². The Hall–Kier alpha value is -3.15. The number of nitrogens with one attached hydrogen (secondary N) is 2. The highest BCUT2D eigenvalue weighted by Gasteiger charge is 2.29. The van der Waals surface area contributed by atoms with E-state index in [1.165, 1.54) is 0 Å². The molecule has 3 N–H and O–H groups in total. The largest absolute Gasteiger partial charge is 0.481 e. The van der Waals surface area contributed by atoms with Crippen LogP contribution in [0.2, 0.25) is 0 Å². The van der Waals surface area contributed by atoms with E-state index in [9.17, 15) is 14.4 Å². The number of carboxylic acid groups (broad SMARTS) is 1. The Morgan fingerprint density at radius 2 is 1.43 bits per heavy atom. The standard InChI is InChI=1S/C22H24N2O4/c25-20(16-9-5-2-6-10-16)24-19(15-7-3-1-4-8-15)21(26)23-18-13-11-17(12-14-18)22(27)28/h1-10,17-19H,11-14H2,(H,23,26)(H,24,25)(H,27,28). The molecule has 1 saturated carbocycles. The minimum absolute atomic E-state index is 0.0806. The van der Waals surface area contributed by atoms with Gasteiger partial charge in [-0.1, -0.05) is 48.5 Å². The SMILES string of the molecule is O=C(NC(C(=O)NC1CCC(C(=O)O)CC1)c1ccccc1)c1ccccc1. The summed E-state index contributed by atoms with van der Waals surface area (Å²) in [5, 5.41) is 14.9. The van der Waals surface area contributed by atoms with Crippen molar-refractivity contribution in [3.63, 3.8) is 0 Å². The van der Waals surface area contributed by atoms with Crippen molar-refractivity contribution >= 4 is 17.8 Å². The second kappa shape index (κ2) is 9.17. The van der Waals surface area contributed by atoms with Crippen molar-refractivity contribution in [3.05, 3.63) is 71.8 Å². The van der Waals surface area contributed by atoms with Crippen LogP contribution in [0.25, 0.3) is 0 Å². The second-order valence-electron chi connectivity index (χ2n) is 7.08. The molecule has 0 heterocycles. The molecule has 0 aromatic heterocycles. The summed E-state index contributed by atoms with van der Waals surface area (Å²) in [4.78, 5) is 36.6. The fourth-order valence-corrected chi connectivity index (χ4v) is 3.52. The summed E-state index contributed by atoms with van der Waals surface area (Å²) < 4.78 is 0. The molecule has 2 aromatic rings. The predicted octanol–water partition coefficient (Wildman–Crippen LogP) is 2.92. The van der Waals surface area contributed by atoms with Gasteiger partial charge in [0.05, 0.1) is 5.92 Å². The lowest BCUT2D eigenvalue weighted by Gasteiger charge is -2.28. The van der Waals surface area contributed by atoms with Gasteiger partial charge in [0.15, 0.2) is 0 Å². The first-order valence-corrected chi connectivity index (χ1v) is 9.48. The minimum Gasteiger partial charge on any atom is -0.481 e. The number of benzene rings is 2. The number of hydrogen-bond acceptors (Lipinski definition) is 3. The lowest BCUT2D eigenvalue weighted by molar-refractivity contribution is -0.142. The van der Waals surface area contributed by atoms with E-state index in [0.717, 1.165) is 0 Å². The highest BCUT2D eigenvalue weighted by Crippen LogP contribution is 2.25. The number of aliphatic carboxylic acids is 1. The summed E-state index contributed by atoms with van der Waals surface area (Å²) in [6.45, 7) is 0. The van der Waals surface area contributed by atoms with Crippen LogP contribution in [0, 0.1) is 5.92 Å². The fraction of sp³-hybridized carbons (Fsp3) is 0.318. The zero-order chi connectivity index (χ0) is 19.9. The lowest BCUT2D eigenvalue weighted by atomic mass is 9.86. The molecule has 6 nitrogen and oxygen atoms in total. The van der Waals surface area contributed by atoms with E-state index in [2.05, 4.69) is 10.6 Å². The van der Waals surface area contributed by atoms with Crippen molar-refractivity contribution in [3.8, 4) is 0 Å². The molecule has 1 atom stereocenters. The van der Waals surface area contributed by atoms with Gasteiger partial charge in [-0.2, -0.15) is 0 Å². The predicted molar refractivity (Wildman–Crippen MR) is 105 cm³/mol. The average Bonchev–Trinajstić information content (AvgIpc) is 2.73. The lowest BCUT2D eigenvalue weighted by Crippen LogP contribution is -2.45. The van der Waals surface area contributed by atoms with E-state index in [0.29, 0.717) is 36.8 Å². The van der Waals surface area contributed by atoms with Crippen LogP contribution < -0.4 is 10.6 Å². The van der Waals surface area contributed by atoms with E-state index in [1.807, 2.05) is 24.3 Å². The van der Waals surface area contributed by atoms with Gasteiger partial charge in [0.1, 0.15) is 6.04 Å². The van der Waals surface area contributed by atoms with Gasteiger partial charge >= 0.3 is 5.97 Å². The Morgan fingerprint density at radius 3 is 2.00 bits per heavy atom. The van der Waals surface area contributed by atoms with Gasteiger partial charge in [0, 0.05) is 11.6 Å². The minimum atomic E-state index is -0.814. The molecule has 1 aliphatic carbocycles. The van der Waals surface area contributed by atoms with Gasteiger partial charge in [-0.15, -0.1) is 0 Å². The number of carbonyl (C=O) groups excluding carboxylic acids is 2. The van der Waals surface area contributed by atoms with Crippen LogP contribution in [-0.4, -0.2) is 28.9 Å². The number of carbonyl (C=O) groups is 3. The normalized spacial score (nSPS) is 20.0. The highest BCUT2D eigenvalue weighted by molar-refractivity contribution is 5.97. The van der Waals surface area contributed by atoms with E-state index in [1.54, 1.807) is 36.4 Å². The zero-order valence-corrected chi connectivity index (χ0v) is 15.5. The molecule has 146 valence electrons. The van der Waals surface area contributed by atoms with Gasteiger partial charge in [-0.25, -0.2) is 0 Å². The van der Waals surface area contributed by atoms with Crippen molar-refractivity contribution in [2.45, 2.75) is 37.8 Å². The Morgan fingerprint density at radius 1 is 0.857 bits per heavy atom. The summed E-state index contributed by atoms with van der Waals surface area (Å²) >= 11 is 0. The molecule has 0 bridgehead atoms. The molecular formula is C22H24N2O4. The van der Waals surface area contributed by atoms with Gasteiger partial charge in [-0.05, 0) is 43.4 Å². The molecule has 1 aliphatic rings. The molecule has 6 heteroatoms. The molecule has 1 unspecified atom stereocenters. The molecule has 1 fully saturated rings. The molecule has 3 rings (SSSR count). The Kier molecular flexibility index (Phi) is 6.42. The molecule has 28 heavy (non-hydrogen) atoms. The Bertz CT molecular complexity index is 815. The van der Waals surface area contributed by atoms with Crippen LogP contribution in [-0.2, 0) is 9.59 Å². The van der Waals surface area contributed by atoms with Crippen LogP contribution in [0.5, 0.6) is 0 Å². The van der Waals surface area contributed by atoms with Crippen molar-refractivity contribution < 1.29 is 19.5 Å². The first-order chi connectivity index (χ1) is 13.5. The van der Waals surface area contributed by atoms with Gasteiger partial charge < -0.3 is 15.7 Å². The van der Waals surface area contributed by atoms with Crippen LogP contribution in [0.4, 0.5) is 0 Å². The molecule has 0 spiro atoms. The Labute approximate surface area is 164 Å². The molecule has 0 saturated heterocycles. The number of amides is 2. The molecule has 0 aliphatic heterocycles. The maximum atomic E-state index is 13.0. The molecule has 2 aromatic carbocycles. The zero-order valence-electron chi connectivity index (χ0n) is 15.5. The van der Waals surface area contributed by atoms with Gasteiger partial charge in [0.25, 0.3) is 5.91 Å². The number of rotatable bonds is 6. The van der Waals surface area contributed by atoms with E-state index in [-0.39, 0.29) is 23.8 Å². The average molecular weight is 380 g/mol. The summed E-state index contributed by atoms with van der Waals surface area (Å²) in [5.74, 6) is -1.72. The van der Waals surface area contributed by atoms with E-state index >= 15 is 0 Å². The maximum absolute atomic E-state index is 13.0. The van der Waals surface area contributed by atoms with E-state index < -0.39 is 12.0 Å². The third kappa shape index (κ3) is 4.97. The topological polar surface area (TPSA) is 95.5 Å². The van der Waals surface area contributed by atoms with Crippen LogP contribution in [0.1, 0.15) is 47.6 Å². The molecule has 0 radical (unpaired) electrons. The Balaban J connectivity index is 1.69. The van der Waals surface area contributed by atoms with E-state index in [4.69, 9.17) is 5.11 Å². The number of carboxylic acids is 1. The third-order valence-electron chi connectivity index (χ3n) is 5.13. The van der Waals surface area contributed by atoms with Crippen molar-refractivity contribution in [1.82, 2.24) is 10.6 Å². The second-order valence-corrected chi connectivity index (χ2v) is 7.08. The summed E-state index contributed by atoms with van der Waals surface area (Å²) in [6.07, 6.45) is 2.34. The van der Waals surface area contributed by atoms with Crippen LogP contribution in [0.15, 0.2) is 60.7 Å². The first-order valence-electron chi connectivity index (χ1n) is 9.48. The van der Waals surface area contributed by atoms with Crippen LogP contribution in [0.3, 0.4) is 0 Å². The van der Waals surface area contributed by atoms with Crippen molar-refractivity contribution in [2.75, 3.05) is 0 Å². The van der Waals surface area contributed by atoms with Gasteiger partial charge in [-0.3, -0.25) is 14.4 Å². The smallest absolute Gasteiger partial charge is 0.306 e. The summed E-state index contributed by atoms with van der Waals surface area (Å²) in [6, 6.07) is 17.0. The molecular weight excluding hydrogens is 356 g/mol.